The molecule has 6 rings (SSSR count). The first kappa shape index (κ1) is 21.6. The van der Waals surface area contributed by atoms with Crippen LogP contribution in [0.3, 0.4) is 0 Å². The number of halogens is 3. The molecule has 2 atom stereocenters. The first-order valence-electron chi connectivity index (χ1n) is 11.3. The predicted molar refractivity (Wildman–Crippen MR) is 124 cm³/mol. The van der Waals surface area contributed by atoms with Gasteiger partial charge in [0.05, 0.1) is 23.0 Å². The fourth-order valence-corrected chi connectivity index (χ4v) is 5.01. The van der Waals surface area contributed by atoms with E-state index in [4.69, 9.17) is 9.47 Å². The number of carbonyl (C=O) groups excluding carboxylic acids is 1. The fraction of sp³-hybridized carbons (Fsp3) is 0.222. The Kier molecular flexibility index (Phi) is 4.98. The topological polar surface area (TPSA) is 59.6 Å². The highest BCUT2D eigenvalue weighted by atomic mass is 19.4. The van der Waals surface area contributed by atoms with E-state index in [1.54, 1.807) is 0 Å². The molecular formula is C27H21F3N2O3. The summed E-state index contributed by atoms with van der Waals surface area (Å²) in [5.41, 5.74) is 3.77. The lowest BCUT2D eigenvalue weighted by Crippen LogP contribution is -2.27. The number of ketones is 1. The van der Waals surface area contributed by atoms with E-state index in [0.29, 0.717) is 29.1 Å². The van der Waals surface area contributed by atoms with Crippen molar-refractivity contribution in [2.24, 2.45) is 0 Å². The number of carbonyl (C=O) groups is 1. The predicted octanol–water partition coefficient (Wildman–Crippen LogP) is 6.41. The van der Waals surface area contributed by atoms with E-state index in [9.17, 15) is 18.0 Å². The molecule has 0 amide bonds. The second kappa shape index (κ2) is 8.08. The van der Waals surface area contributed by atoms with Crippen LogP contribution in [0.15, 0.2) is 78.0 Å². The zero-order valence-electron chi connectivity index (χ0n) is 18.5. The van der Waals surface area contributed by atoms with Crippen molar-refractivity contribution in [2.75, 3.05) is 17.4 Å². The second-order valence-electron chi connectivity index (χ2n) is 8.90. The van der Waals surface area contributed by atoms with Crippen LogP contribution in [0.25, 0.3) is 0 Å². The molecule has 8 heteroatoms. The Hall–Kier alpha value is -3.94. The third-order valence-corrected chi connectivity index (χ3v) is 6.75. The molecule has 0 radical (unpaired) electrons. The average Bonchev–Trinajstić information content (AvgIpc) is 3.24. The van der Waals surface area contributed by atoms with E-state index >= 15 is 0 Å². The molecule has 2 aliphatic heterocycles. The fourth-order valence-electron chi connectivity index (χ4n) is 5.01. The molecule has 3 aromatic rings. The Morgan fingerprint density at radius 1 is 0.829 bits per heavy atom. The monoisotopic (exact) mass is 478 g/mol. The van der Waals surface area contributed by atoms with Gasteiger partial charge in [0.1, 0.15) is 0 Å². The number of rotatable bonds is 2. The van der Waals surface area contributed by atoms with Gasteiger partial charge < -0.3 is 20.1 Å². The van der Waals surface area contributed by atoms with Crippen molar-refractivity contribution in [3.63, 3.8) is 0 Å². The standard InChI is InChI=1S/C27H21F3N2O3/c28-27(29,30)18-8-5-15(6-9-18)26-25-21(31-19-3-1-2-4-20(19)32-26)11-17(12-22(25)33)16-7-10-23-24(13-16)35-14-34-23/h1-10,13,17,26,31-32H,11-12,14H2/t17-,26-/m0/s1. The number of ether oxygens (including phenoxy) is 2. The number of hydrogen-bond donors (Lipinski definition) is 2. The lowest BCUT2D eigenvalue weighted by molar-refractivity contribution is -0.137. The minimum atomic E-state index is -4.42. The first-order chi connectivity index (χ1) is 16.9. The van der Waals surface area contributed by atoms with E-state index in [1.807, 2.05) is 42.5 Å². The molecule has 2 N–H and O–H groups in total. The molecule has 178 valence electrons. The molecule has 3 aliphatic rings. The third kappa shape index (κ3) is 3.88. The Morgan fingerprint density at radius 2 is 1.54 bits per heavy atom. The van der Waals surface area contributed by atoms with Crippen molar-refractivity contribution in [1.82, 2.24) is 0 Å². The van der Waals surface area contributed by atoms with Crippen LogP contribution in [0.2, 0.25) is 0 Å². The Bertz CT molecular complexity index is 1350. The van der Waals surface area contributed by atoms with E-state index in [2.05, 4.69) is 10.6 Å². The number of benzene rings is 3. The van der Waals surface area contributed by atoms with Crippen LogP contribution in [-0.2, 0) is 11.0 Å². The van der Waals surface area contributed by atoms with Gasteiger partial charge in [-0.1, -0.05) is 30.3 Å². The van der Waals surface area contributed by atoms with Gasteiger partial charge in [0, 0.05) is 17.7 Å². The molecule has 0 saturated heterocycles. The van der Waals surface area contributed by atoms with Gasteiger partial charge in [0.25, 0.3) is 0 Å². The number of Topliss-reactive ketones (excluding diaryl/α,β-unsaturated/α-hetero) is 1. The second-order valence-corrected chi connectivity index (χ2v) is 8.90. The van der Waals surface area contributed by atoms with E-state index in [0.717, 1.165) is 34.8 Å². The maximum Gasteiger partial charge on any atom is 0.416 e. The molecule has 1 aliphatic carbocycles. The summed E-state index contributed by atoms with van der Waals surface area (Å²) >= 11 is 0. The van der Waals surface area contributed by atoms with Gasteiger partial charge in [-0.15, -0.1) is 0 Å². The summed E-state index contributed by atoms with van der Waals surface area (Å²) in [4.78, 5) is 13.6. The molecule has 0 unspecified atom stereocenters. The highest BCUT2D eigenvalue weighted by molar-refractivity contribution is 6.01. The molecule has 2 heterocycles. The van der Waals surface area contributed by atoms with Gasteiger partial charge in [-0.2, -0.15) is 13.2 Å². The molecule has 0 fully saturated rings. The van der Waals surface area contributed by atoms with Crippen LogP contribution in [0, 0.1) is 0 Å². The van der Waals surface area contributed by atoms with Crippen LogP contribution in [0.5, 0.6) is 11.5 Å². The van der Waals surface area contributed by atoms with Crippen molar-refractivity contribution >= 4 is 17.2 Å². The van der Waals surface area contributed by atoms with E-state index in [1.165, 1.54) is 12.1 Å². The number of nitrogens with one attached hydrogen (secondary N) is 2. The molecule has 0 aromatic heterocycles. The SMILES string of the molecule is O=C1C[C@@H](c2ccc3c(c2)OCO3)CC2=C1[C@H](c1ccc(C(F)(F)F)cc1)Nc1ccccc1N2. The Morgan fingerprint density at radius 3 is 2.31 bits per heavy atom. The van der Waals surface area contributed by atoms with Crippen LogP contribution in [-0.4, -0.2) is 12.6 Å². The largest absolute Gasteiger partial charge is 0.454 e. The zero-order chi connectivity index (χ0) is 24.2. The Labute approximate surface area is 199 Å². The summed E-state index contributed by atoms with van der Waals surface area (Å²) in [6, 6.07) is 17.7. The highest BCUT2D eigenvalue weighted by Crippen LogP contribution is 2.46. The van der Waals surface area contributed by atoms with Gasteiger partial charge in [0.15, 0.2) is 17.3 Å². The van der Waals surface area contributed by atoms with Crippen molar-refractivity contribution in [2.45, 2.75) is 31.0 Å². The number of hydrogen-bond acceptors (Lipinski definition) is 5. The minimum Gasteiger partial charge on any atom is -0.454 e. The maximum atomic E-state index is 13.6. The lowest BCUT2D eigenvalue weighted by Gasteiger charge is -2.30. The molecule has 0 bridgehead atoms. The zero-order valence-corrected chi connectivity index (χ0v) is 18.5. The maximum absolute atomic E-state index is 13.6. The van der Waals surface area contributed by atoms with Crippen LogP contribution < -0.4 is 20.1 Å². The van der Waals surface area contributed by atoms with Crippen molar-refractivity contribution in [3.8, 4) is 11.5 Å². The van der Waals surface area contributed by atoms with Gasteiger partial charge in [-0.3, -0.25) is 4.79 Å². The average molecular weight is 478 g/mol. The van der Waals surface area contributed by atoms with Crippen LogP contribution in [0.4, 0.5) is 24.5 Å². The summed E-state index contributed by atoms with van der Waals surface area (Å²) < 4.78 is 50.3. The van der Waals surface area contributed by atoms with Crippen molar-refractivity contribution in [3.05, 3.63) is 94.7 Å². The summed E-state index contributed by atoms with van der Waals surface area (Å²) in [6.45, 7) is 0.177. The van der Waals surface area contributed by atoms with Gasteiger partial charge >= 0.3 is 6.18 Å². The molecule has 35 heavy (non-hydrogen) atoms. The summed E-state index contributed by atoms with van der Waals surface area (Å²) in [7, 11) is 0. The minimum absolute atomic E-state index is 0.0494. The number of allylic oxidation sites excluding steroid dienone is 1. The van der Waals surface area contributed by atoms with Crippen LogP contribution >= 0.6 is 0 Å². The van der Waals surface area contributed by atoms with Gasteiger partial charge in [-0.05, 0) is 59.9 Å². The van der Waals surface area contributed by atoms with Crippen LogP contribution in [0.1, 0.15) is 41.5 Å². The molecule has 0 spiro atoms. The molecular weight excluding hydrogens is 457 g/mol. The van der Waals surface area contributed by atoms with Gasteiger partial charge in [-0.25, -0.2) is 0 Å². The number of alkyl halides is 3. The lowest BCUT2D eigenvalue weighted by atomic mass is 9.78. The summed E-state index contributed by atoms with van der Waals surface area (Å²) in [5, 5.41) is 6.83. The van der Waals surface area contributed by atoms with Gasteiger partial charge in [0.2, 0.25) is 6.79 Å². The van der Waals surface area contributed by atoms with E-state index in [-0.39, 0.29) is 24.9 Å². The highest BCUT2D eigenvalue weighted by Gasteiger charge is 2.37. The smallest absolute Gasteiger partial charge is 0.416 e. The Balaban J connectivity index is 1.40. The van der Waals surface area contributed by atoms with Crippen molar-refractivity contribution in [1.29, 1.82) is 0 Å². The first-order valence-corrected chi connectivity index (χ1v) is 11.3. The normalized spacial score (nSPS) is 20.9. The van der Waals surface area contributed by atoms with E-state index < -0.39 is 17.8 Å². The number of fused-ring (bicyclic) bond motifs is 2. The quantitative estimate of drug-likeness (QED) is 0.446. The summed E-state index contributed by atoms with van der Waals surface area (Å²) in [6.07, 6.45) is -3.56. The van der Waals surface area contributed by atoms with Crippen molar-refractivity contribution < 1.29 is 27.4 Å². The summed E-state index contributed by atoms with van der Waals surface area (Å²) in [5.74, 6) is 1.23. The number of anilines is 2. The molecule has 5 nitrogen and oxygen atoms in total. The third-order valence-electron chi connectivity index (χ3n) is 6.75. The number of para-hydroxylation sites is 2. The molecule has 0 saturated carbocycles. The molecule has 3 aromatic carbocycles.